The average Bonchev–Trinajstić information content (AvgIpc) is 3.71. The van der Waals surface area contributed by atoms with Gasteiger partial charge in [0.2, 0.25) is 23.5 Å². The van der Waals surface area contributed by atoms with Gasteiger partial charge in [-0.3, -0.25) is 24.0 Å². The van der Waals surface area contributed by atoms with Crippen molar-refractivity contribution in [3.63, 3.8) is 0 Å². The van der Waals surface area contributed by atoms with Crippen LogP contribution in [0.2, 0.25) is 0 Å². The van der Waals surface area contributed by atoms with Crippen molar-refractivity contribution in [2.45, 2.75) is 116 Å². The molecule has 0 aromatic carbocycles. The number of primary amides is 1. The van der Waals surface area contributed by atoms with Gasteiger partial charge >= 0.3 is 6.03 Å². The number of fused-ring (bicyclic) bond motifs is 1. The molecule has 47 heavy (non-hydrogen) atoms. The minimum atomic E-state index is -1.14. The van der Waals surface area contributed by atoms with Gasteiger partial charge in [-0.05, 0) is 53.9 Å². The molecule has 1 aromatic rings. The maximum atomic E-state index is 14.3. The molecule has 258 valence electrons. The van der Waals surface area contributed by atoms with Crippen LogP contribution in [-0.2, 0) is 30.5 Å². The van der Waals surface area contributed by atoms with Crippen molar-refractivity contribution < 1.29 is 33.2 Å². The van der Waals surface area contributed by atoms with E-state index in [0.29, 0.717) is 25.8 Å². The molecule has 6 amide bonds. The Bertz CT molecular complexity index is 1390. The number of nitrogens with two attached hydrogens (primary N) is 1. The van der Waals surface area contributed by atoms with Gasteiger partial charge in [-0.1, -0.05) is 66.7 Å². The number of piperidine rings is 1. The Labute approximate surface area is 275 Å². The lowest BCUT2D eigenvalue weighted by Gasteiger charge is -2.40. The maximum Gasteiger partial charge on any atom is 0.316 e. The first-order valence-corrected chi connectivity index (χ1v) is 16.9. The molecule has 1 aliphatic heterocycles. The first-order chi connectivity index (χ1) is 22.0. The summed E-state index contributed by atoms with van der Waals surface area (Å²) in [4.78, 5) is 81.3. The van der Waals surface area contributed by atoms with Gasteiger partial charge in [0.15, 0.2) is 0 Å². The maximum absolute atomic E-state index is 14.3. The Morgan fingerprint density at radius 1 is 1.04 bits per heavy atom. The molecular formula is C34H50N6O7. The summed E-state index contributed by atoms with van der Waals surface area (Å²) in [5.41, 5.74) is 4.02. The molecule has 13 nitrogen and oxygen atoms in total. The monoisotopic (exact) mass is 654 g/mol. The Hall–Kier alpha value is -3.90. The number of carbonyl (C=O) groups excluding carboxylic acids is 6. The number of nitrogens with zero attached hydrogens (tertiary/aromatic N) is 1. The zero-order chi connectivity index (χ0) is 34.3. The van der Waals surface area contributed by atoms with E-state index in [9.17, 15) is 28.8 Å². The van der Waals surface area contributed by atoms with Gasteiger partial charge in [0.25, 0.3) is 5.91 Å². The molecule has 3 aliphatic carbocycles. The number of Topliss-reactive ketones (excluding diaryl/α,β-unsaturated/α-hetero) is 1. The quantitative estimate of drug-likeness (QED) is 0.213. The zero-order valence-electron chi connectivity index (χ0n) is 28.1. The second-order valence-electron chi connectivity index (χ2n) is 15.7. The highest BCUT2D eigenvalue weighted by molar-refractivity contribution is 6.37. The highest BCUT2D eigenvalue weighted by Crippen LogP contribution is 2.65. The topological polar surface area (TPSA) is 193 Å². The van der Waals surface area contributed by atoms with Crippen molar-refractivity contribution in [2.24, 2.45) is 34.3 Å². The number of amides is 6. The third-order valence-electron chi connectivity index (χ3n) is 10.8. The van der Waals surface area contributed by atoms with Crippen LogP contribution in [0.4, 0.5) is 4.79 Å². The van der Waals surface area contributed by atoms with Crippen LogP contribution in [0.3, 0.4) is 0 Å². The van der Waals surface area contributed by atoms with Crippen molar-refractivity contribution in [1.82, 2.24) is 26.2 Å². The summed E-state index contributed by atoms with van der Waals surface area (Å²) in [6.07, 6.45) is 8.65. The predicted molar refractivity (Wildman–Crippen MR) is 171 cm³/mol. The lowest BCUT2D eigenvalue weighted by Crippen LogP contribution is -2.65. The molecule has 6 N–H and O–H groups in total. The van der Waals surface area contributed by atoms with Crippen LogP contribution < -0.4 is 27.0 Å². The number of rotatable bonds is 12. The number of furan rings is 1. The van der Waals surface area contributed by atoms with E-state index in [0.717, 1.165) is 37.7 Å². The summed E-state index contributed by atoms with van der Waals surface area (Å²) in [5.74, 6) is -2.99. The van der Waals surface area contributed by atoms with Crippen molar-refractivity contribution in [2.75, 3.05) is 6.54 Å². The molecule has 4 aliphatic rings. The van der Waals surface area contributed by atoms with Crippen LogP contribution in [0.15, 0.2) is 23.0 Å². The third-order valence-corrected chi connectivity index (χ3v) is 10.8. The fraction of sp³-hybridized carbons (Fsp3) is 0.706. The van der Waals surface area contributed by atoms with E-state index in [1.54, 1.807) is 12.3 Å². The molecule has 0 radical (unpaired) electrons. The molecule has 1 unspecified atom stereocenters. The van der Waals surface area contributed by atoms with Crippen molar-refractivity contribution >= 4 is 35.4 Å². The first kappa shape index (κ1) is 34.4. The molecule has 4 fully saturated rings. The van der Waals surface area contributed by atoms with Gasteiger partial charge in [-0.15, -0.1) is 0 Å². The summed E-state index contributed by atoms with van der Waals surface area (Å²) >= 11 is 0. The van der Waals surface area contributed by atoms with Gasteiger partial charge < -0.3 is 36.3 Å². The second-order valence-corrected chi connectivity index (χ2v) is 15.7. The summed E-state index contributed by atoms with van der Waals surface area (Å²) in [5, 5.41) is 11.5. The lowest BCUT2D eigenvalue weighted by molar-refractivity contribution is -0.145. The molecule has 0 spiro atoms. The van der Waals surface area contributed by atoms with Gasteiger partial charge in [-0.2, -0.15) is 0 Å². The number of ketones is 1. The molecule has 2 heterocycles. The standard InChI is InChI=1S/C34H50N6O7/c1-32(2,3)26(38-31(46)39-34(12-7-6-8-13-34)30(45)36-16-20-11-14-47-18-20)29(44)40-17-21-23(33(21,4)5)24(40)28(43)37-22(15-19-9-10-19)25(41)27(35)42/h11,14,18-19,21-24,26H,6-10,12-13,15-17H2,1-5H3,(H2,35,42)(H,36,45)(H,37,43)(H2,38,39,46)/t21-,22?,23-,24-,26+/m0/s1. The van der Waals surface area contributed by atoms with Crippen LogP contribution in [-0.4, -0.2) is 70.6 Å². The van der Waals surface area contributed by atoms with E-state index in [1.807, 2.05) is 20.8 Å². The molecule has 1 aromatic heterocycles. The number of nitrogens with one attached hydrogen (secondary N) is 4. The van der Waals surface area contributed by atoms with Crippen molar-refractivity contribution in [3.05, 3.63) is 24.2 Å². The van der Waals surface area contributed by atoms with E-state index < -0.39 is 58.6 Å². The molecule has 5 rings (SSSR count). The van der Waals surface area contributed by atoms with E-state index in [1.165, 1.54) is 11.2 Å². The molecule has 1 saturated heterocycles. The fourth-order valence-corrected chi connectivity index (χ4v) is 7.67. The molecule has 13 heteroatoms. The summed E-state index contributed by atoms with van der Waals surface area (Å²) in [6.45, 7) is 10.2. The summed E-state index contributed by atoms with van der Waals surface area (Å²) in [6, 6.07) is -1.83. The van der Waals surface area contributed by atoms with E-state index in [2.05, 4.69) is 35.1 Å². The minimum absolute atomic E-state index is 0.0646. The number of urea groups is 1. The third kappa shape index (κ3) is 7.33. The fourth-order valence-electron chi connectivity index (χ4n) is 7.67. The van der Waals surface area contributed by atoms with Crippen molar-refractivity contribution in [3.8, 4) is 0 Å². The van der Waals surface area contributed by atoms with Crippen LogP contribution in [0.25, 0.3) is 0 Å². The average molecular weight is 655 g/mol. The lowest BCUT2D eigenvalue weighted by atomic mass is 9.80. The SMILES string of the molecule is CC(C)(C)[C@H](NC(=O)NC1(C(=O)NCc2ccoc2)CCCCC1)C(=O)N1C[C@H]2[C@@H]([C@H]1C(=O)NC(CC1CC1)C(=O)C(N)=O)C2(C)C. The molecule has 0 bridgehead atoms. The Morgan fingerprint density at radius 3 is 2.30 bits per heavy atom. The van der Waals surface area contributed by atoms with E-state index >= 15 is 0 Å². The minimum Gasteiger partial charge on any atom is -0.472 e. The van der Waals surface area contributed by atoms with Gasteiger partial charge in [0.1, 0.15) is 17.6 Å². The number of hydrogen-bond acceptors (Lipinski definition) is 7. The van der Waals surface area contributed by atoms with E-state index in [-0.39, 0.29) is 35.6 Å². The largest absolute Gasteiger partial charge is 0.472 e. The zero-order valence-corrected chi connectivity index (χ0v) is 28.1. The second kappa shape index (κ2) is 13.0. The van der Waals surface area contributed by atoms with Gasteiger partial charge in [0, 0.05) is 18.7 Å². The van der Waals surface area contributed by atoms with Crippen LogP contribution in [0.5, 0.6) is 0 Å². The summed E-state index contributed by atoms with van der Waals surface area (Å²) in [7, 11) is 0. The highest BCUT2D eigenvalue weighted by Gasteiger charge is 2.70. The Morgan fingerprint density at radius 2 is 1.72 bits per heavy atom. The number of carbonyl (C=O) groups is 6. The summed E-state index contributed by atoms with van der Waals surface area (Å²) < 4.78 is 5.10. The normalized spacial score (nSPS) is 25.5. The van der Waals surface area contributed by atoms with Crippen LogP contribution in [0, 0.1) is 28.6 Å². The number of hydrogen-bond donors (Lipinski definition) is 5. The Balaban J connectivity index is 1.32. The number of likely N-dealkylation sites (tertiary alicyclic amines) is 1. The molecular weight excluding hydrogens is 604 g/mol. The smallest absolute Gasteiger partial charge is 0.316 e. The highest BCUT2D eigenvalue weighted by atomic mass is 16.3. The van der Waals surface area contributed by atoms with E-state index in [4.69, 9.17) is 10.2 Å². The molecule has 3 saturated carbocycles. The first-order valence-electron chi connectivity index (χ1n) is 16.9. The molecule has 5 atom stereocenters. The predicted octanol–water partition coefficient (Wildman–Crippen LogP) is 2.13. The van der Waals surface area contributed by atoms with Gasteiger partial charge in [0.05, 0.1) is 18.6 Å². The van der Waals surface area contributed by atoms with Crippen LogP contribution in [0.1, 0.15) is 91.5 Å². The van der Waals surface area contributed by atoms with Gasteiger partial charge in [-0.25, -0.2) is 4.79 Å². The Kier molecular flexibility index (Phi) is 9.49. The van der Waals surface area contributed by atoms with Crippen molar-refractivity contribution in [1.29, 1.82) is 0 Å². The van der Waals surface area contributed by atoms with Crippen LogP contribution >= 0.6 is 0 Å².